The lowest BCUT2D eigenvalue weighted by molar-refractivity contribution is -0.175. The SMILES string of the molecule is CC1NC(c2cccs2)N(CCOCC(F)(F)F)C1=O. The van der Waals surface area contributed by atoms with Crippen LogP contribution in [0.3, 0.4) is 0 Å². The van der Waals surface area contributed by atoms with Crippen LogP contribution in [0.5, 0.6) is 0 Å². The van der Waals surface area contributed by atoms with Gasteiger partial charge in [-0.25, -0.2) is 0 Å². The highest BCUT2D eigenvalue weighted by atomic mass is 32.1. The van der Waals surface area contributed by atoms with E-state index in [9.17, 15) is 18.0 Å². The molecule has 8 heteroatoms. The van der Waals surface area contributed by atoms with Crippen molar-refractivity contribution in [1.29, 1.82) is 0 Å². The van der Waals surface area contributed by atoms with Crippen molar-refractivity contribution in [2.24, 2.45) is 0 Å². The van der Waals surface area contributed by atoms with E-state index in [0.29, 0.717) is 0 Å². The van der Waals surface area contributed by atoms with Gasteiger partial charge in [0.05, 0.1) is 12.6 Å². The predicted molar refractivity (Wildman–Crippen MR) is 68.2 cm³/mol. The maximum absolute atomic E-state index is 12.0. The van der Waals surface area contributed by atoms with E-state index >= 15 is 0 Å². The number of halogens is 3. The number of rotatable bonds is 5. The van der Waals surface area contributed by atoms with Gasteiger partial charge in [0.2, 0.25) is 5.91 Å². The summed E-state index contributed by atoms with van der Waals surface area (Å²) in [6.07, 6.45) is -4.62. The Morgan fingerprint density at radius 1 is 1.50 bits per heavy atom. The maximum atomic E-state index is 12.0. The highest BCUT2D eigenvalue weighted by Crippen LogP contribution is 2.28. The quantitative estimate of drug-likeness (QED) is 0.848. The summed E-state index contributed by atoms with van der Waals surface area (Å²) in [6.45, 7) is 0.442. The number of alkyl halides is 3. The Bertz CT molecular complexity index is 450. The molecule has 0 spiro atoms. The minimum absolute atomic E-state index is 0.126. The molecule has 1 N–H and O–H groups in total. The molecule has 2 rings (SSSR count). The number of ether oxygens (including phenoxy) is 1. The molecular formula is C12H15F3N2O2S. The second kappa shape index (κ2) is 6.11. The number of nitrogens with zero attached hydrogens (tertiary/aromatic N) is 1. The van der Waals surface area contributed by atoms with Gasteiger partial charge in [-0.1, -0.05) is 6.07 Å². The average Bonchev–Trinajstić information content (AvgIpc) is 2.95. The van der Waals surface area contributed by atoms with Crippen molar-refractivity contribution in [3.63, 3.8) is 0 Å². The van der Waals surface area contributed by atoms with Gasteiger partial charge in [0.25, 0.3) is 0 Å². The van der Waals surface area contributed by atoms with Gasteiger partial charge in [0.15, 0.2) is 0 Å². The van der Waals surface area contributed by atoms with Crippen molar-refractivity contribution >= 4 is 17.2 Å². The fourth-order valence-corrected chi connectivity index (χ4v) is 2.84. The van der Waals surface area contributed by atoms with Crippen molar-refractivity contribution in [3.8, 4) is 0 Å². The van der Waals surface area contributed by atoms with Crippen LogP contribution in [-0.2, 0) is 9.53 Å². The van der Waals surface area contributed by atoms with Gasteiger partial charge in [0, 0.05) is 11.4 Å². The lowest BCUT2D eigenvalue weighted by Gasteiger charge is -2.23. The average molecular weight is 308 g/mol. The van der Waals surface area contributed by atoms with Crippen molar-refractivity contribution in [3.05, 3.63) is 22.4 Å². The Labute approximate surface area is 118 Å². The summed E-state index contributed by atoms with van der Waals surface area (Å²) >= 11 is 1.49. The first-order valence-corrected chi connectivity index (χ1v) is 7.01. The zero-order chi connectivity index (χ0) is 14.8. The van der Waals surface area contributed by atoms with Gasteiger partial charge in [-0.3, -0.25) is 10.1 Å². The Kier molecular flexibility index (Phi) is 4.66. The van der Waals surface area contributed by atoms with Gasteiger partial charge >= 0.3 is 6.18 Å². The van der Waals surface area contributed by atoms with Gasteiger partial charge in [-0.05, 0) is 18.4 Å². The molecule has 0 radical (unpaired) electrons. The van der Waals surface area contributed by atoms with Crippen molar-refractivity contribution in [2.45, 2.75) is 25.3 Å². The molecule has 1 aromatic rings. The number of carbonyl (C=O) groups is 1. The minimum atomic E-state index is -4.34. The number of thiophene rings is 1. The van der Waals surface area contributed by atoms with E-state index in [1.807, 2.05) is 17.5 Å². The van der Waals surface area contributed by atoms with Crippen LogP contribution in [0.25, 0.3) is 0 Å². The zero-order valence-electron chi connectivity index (χ0n) is 10.8. The first-order valence-electron chi connectivity index (χ1n) is 6.13. The molecule has 1 aliphatic heterocycles. The van der Waals surface area contributed by atoms with Crippen LogP contribution in [0.4, 0.5) is 13.2 Å². The smallest absolute Gasteiger partial charge is 0.370 e. The van der Waals surface area contributed by atoms with E-state index in [1.54, 1.807) is 6.92 Å². The van der Waals surface area contributed by atoms with Crippen LogP contribution >= 0.6 is 11.3 Å². The van der Waals surface area contributed by atoms with Gasteiger partial charge in [-0.15, -0.1) is 11.3 Å². The third-order valence-electron chi connectivity index (χ3n) is 2.93. The molecule has 1 aliphatic rings. The summed E-state index contributed by atoms with van der Waals surface area (Å²) in [4.78, 5) is 14.5. The van der Waals surface area contributed by atoms with Crippen LogP contribution in [0.1, 0.15) is 18.0 Å². The Morgan fingerprint density at radius 3 is 2.85 bits per heavy atom. The standard InChI is InChI=1S/C12H15F3N2O2S/c1-8-11(18)17(4-5-19-7-12(13,14)15)10(16-8)9-3-2-6-20-9/h2-3,6,8,10,16H,4-5,7H2,1H3. The van der Waals surface area contributed by atoms with Crippen LogP contribution in [-0.4, -0.2) is 42.8 Å². The van der Waals surface area contributed by atoms with Gasteiger partial charge < -0.3 is 9.64 Å². The second-order valence-electron chi connectivity index (χ2n) is 4.51. The van der Waals surface area contributed by atoms with Crippen LogP contribution in [0, 0.1) is 0 Å². The Morgan fingerprint density at radius 2 is 2.25 bits per heavy atom. The molecule has 20 heavy (non-hydrogen) atoms. The Hall–Kier alpha value is -1.12. The lowest BCUT2D eigenvalue weighted by atomic mass is 10.3. The molecule has 1 aromatic heterocycles. The monoisotopic (exact) mass is 308 g/mol. The highest BCUT2D eigenvalue weighted by Gasteiger charge is 2.37. The predicted octanol–water partition coefficient (Wildman–Crippen LogP) is 2.15. The molecule has 1 fully saturated rings. The summed E-state index contributed by atoms with van der Waals surface area (Å²) < 4.78 is 40.5. The molecule has 1 amide bonds. The lowest BCUT2D eigenvalue weighted by Crippen LogP contribution is -2.34. The molecule has 0 bridgehead atoms. The maximum Gasteiger partial charge on any atom is 0.411 e. The zero-order valence-corrected chi connectivity index (χ0v) is 11.6. The molecule has 0 aliphatic carbocycles. The molecule has 2 unspecified atom stereocenters. The van der Waals surface area contributed by atoms with E-state index < -0.39 is 12.8 Å². The highest BCUT2D eigenvalue weighted by molar-refractivity contribution is 7.10. The van der Waals surface area contributed by atoms with E-state index in [1.165, 1.54) is 16.2 Å². The molecule has 4 nitrogen and oxygen atoms in total. The fraction of sp³-hybridized carbons (Fsp3) is 0.583. The molecule has 112 valence electrons. The normalized spacial score (nSPS) is 23.6. The molecular weight excluding hydrogens is 293 g/mol. The fourth-order valence-electron chi connectivity index (χ4n) is 2.05. The third-order valence-corrected chi connectivity index (χ3v) is 3.85. The summed E-state index contributed by atoms with van der Waals surface area (Å²) in [5, 5.41) is 5.01. The summed E-state index contributed by atoms with van der Waals surface area (Å²) in [6, 6.07) is 3.41. The minimum Gasteiger partial charge on any atom is -0.370 e. The largest absolute Gasteiger partial charge is 0.411 e. The number of hydrogen-bond acceptors (Lipinski definition) is 4. The van der Waals surface area contributed by atoms with Gasteiger partial charge in [-0.2, -0.15) is 13.2 Å². The van der Waals surface area contributed by atoms with E-state index in [4.69, 9.17) is 0 Å². The third kappa shape index (κ3) is 3.71. The van der Waals surface area contributed by atoms with E-state index in [-0.39, 0.29) is 31.3 Å². The van der Waals surface area contributed by atoms with Crippen molar-refractivity contribution < 1.29 is 22.7 Å². The summed E-state index contributed by atoms with van der Waals surface area (Å²) in [5.74, 6) is -0.126. The van der Waals surface area contributed by atoms with Crippen molar-refractivity contribution in [2.75, 3.05) is 19.8 Å². The molecule has 2 heterocycles. The van der Waals surface area contributed by atoms with Crippen LogP contribution in [0.15, 0.2) is 17.5 Å². The van der Waals surface area contributed by atoms with Crippen molar-refractivity contribution in [1.82, 2.24) is 10.2 Å². The topological polar surface area (TPSA) is 41.6 Å². The van der Waals surface area contributed by atoms with Gasteiger partial charge in [0.1, 0.15) is 12.8 Å². The van der Waals surface area contributed by atoms with E-state index in [2.05, 4.69) is 10.1 Å². The molecule has 0 aromatic carbocycles. The van der Waals surface area contributed by atoms with Crippen LogP contribution < -0.4 is 5.32 Å². The summed E-state index contributed by atoms with van der Waals surface area (Å²) in [7, 11) is 0. The first kappa shape index (κ1) is 15.3. The molecule has 1 saturated heterocycles. The number of carbonyl (C=O) groups excluding carboxylic acids is 1. The molecule has 0 saturated carbocycles. The number of amides is 1. The second-order valence-corrected chi connectivity index (χ2v) is 5.48. The first-order chi connectivity index (χ1) is 9.38. The summed E-state index contributed by atoms with van der Waals surface area (Å²) in [5.41, 5.74) is 0. The molecule has 2 atom stereocenters. The van der Waals surface area contributed by atoms with E-state index in [0.717, 1.165) is 4.88 Å². The number of nitrogens with one attached hydrogen (secondary N) is 1. The van der Waals surface area contributed by atoms with Crippen LogP contribution in [0.2, 0.25) is 0 Å². The number of hydrogen-bond donors (Lipinski definition) is 1. The Balaban J connectivity index is 1.92.